The molecule has 1 unspecified atom stereocenters. The van der Waals surface area contributed by atoms with E-state index in [-0.39, 0.29) is 12.1 Å². The van der Waals surface area contributed by atoms with E-state index in [0.717, 1.165) is 0 Å². The van der Waals surface area contributed by atoms with Gasteiger partial charge in [0, 0.05) is 6.20 Å². The van der Waals surface area contributed by atoms with Gasteiger partial charge in [0.1, 0.15) is 5.25 Å². The van der Waals surface area contributed by atoms with Crippen molar-refractivity contribution in [3.05, 3.63) is 25.1 Å². The normalized spacial score (nSPS) is 14.5. The molecule has 0 aromatic carbocycles. The summed E-state index contributed by atoms with van der Waals surface area (Å²) < 4.78 is 30.2. The van der Waals surface area contributed by atoms with E-state index in [1.54, 1.807) is 0 Å². The minimum absolute atomic E-state index is 0.0592. The Kier molecular flexibility index (Phi) is 2.49. The Morgan fingerprint density at radius 2 is 2.42 bits per heavy atom. The third-order valence-electron chi connectivity index (χ3n) is 1.47. The van der Waals surface area contributed by atoms with Crippen LogP contribution in [0.4, 0.5) is 0 Å². The fraction of sp³-hybridized carbons (Fsp3) is 0.333. The van der Waals surface area contributed by atoms with Crippen LogP contribution in [0.15, 0.2) is 12.5 Å². The van der Waals surface area contributed by atoms with Crippen LogP contribution in [-0.4, -0.2) is 22.9 Å². The molecule has 0 aliphatic heterocycles. The molecule has 67 valence electrons. The van der Waals surface area contributed by atoms with Crippen LogP contribution in [-0.2, 0) is 10.1 Å². The number of aromatic amines is 1. The number of hydrogen-bond acceptors (Lipinski definition) is 3. The Morgan fingerprint density at radius 3 is 2.75 bits per heavy atom. The lowest BCUT2D eigenvalue weighted by Gasteiger charge is -2.06. The molecule has 6 heteroatoms. The zero-order valence-electron chi connectivity index (χ0n) is 6.27. The zero-order chi connectivity index (χ0) is 9.19. The summed E-state index contributed by atoms with van der Waals surface area (Å²) in [6, 6.07) is 0. The summed E-state index contributed by atoms with van der Waals surface area (Å²) in [5, 5.41) is -1.02. The van der Waals surface area contributed by atoms with Gasteiger partial charge in [0.25, 0.3) is 10.1 Å². The van der Waals surface area contributed by atoms with E-state index < -0.39 is 15.4 Å². The van der Waals surface area contributed by atoms with Crippen molar-refractivity contribution in [2.24, 2.45) is 0 Å². The molecule has 12 heavy (non-hydrogen) atoms. The smallest absolute Gasteiger partial charge is 0.273 e. The van der Waals surface area contributed by atoms with Gasteiger partial charge in [-0.15, -0.1) is 0 Å². The van der Waals surface area contributed by atoms with Crippen molar-refractivity contribution in [1.82, 2.24) is 9.97 Å². The summed E-state index contributed by atoms with van der Waals surface area (Å²) in [5.41, 5.74) is 0.285. The molecule has 0 spiro atoms. The largest absolute Gasteiger partial charge is 0.351 e. The predicted molar refractivity (Wildman–Crippen MR) is 42.9 cm³/mol. The maximum atomic E-state index is 10.7. The van der Waals surface area contributed by atoms with Gasteiger partial charge >= 0.3 is 0 Å². The fourth-order valence-electron chi connectivity index (χ4n) is 0.897. The van der Waals surface area contributed by atoms with Crippen molar-refractivity contribution in [3.8, 4) is 0 Å². The third kappa shape index (κ3) is 1.83. The number of rotatable bonds is 3. The number of imidazole rings is 1. The van der Waals surface area contributed by atoms with E-state index in [1.807, 2.05) is 0 Å². The second-order valence-electron chi connectivity index (χ2n) is 2.29. The standard InChI is InChI=1S/C6H9N2O3S/c1-2-6(12(9,10)11)5-3-7-4-8-5/h3-4,6H,1-2H2,(H,7,8)(H,9,10,11). The van der Waals surface area contributed by atoms with Crippen molar-refractivity contribution >= 4 is 10.1 Å². The van der Waals surface area contributed by atoms with Gasteiger partial charge in [-0.25, -0.2) is 4.98 Å². The first-order chi connectivity index (χ1) is 5.55. The number of nitrogens with one attached hydrogen (secondary N) is 1. The maximum absolute atomic E-state index is 10.7. The topological polar surface area (TPSA) is 83.0 Å². The zero-order valence-corrected chi connectivity index (χ0v) is 7.08. The van der Waals surface area contributed by atoms with Crippen molar-refractivity contribution < 1.29 is 13.0 Å². The molecule has 1 aromatic heterocycles. The lowest BCUT2D eigenvalue weighted by molar-refractivity contribution is 0.467. The molecule has 0 fully saturated rings. The molecular formula is C6H9N2O3S. The highest BCUT2D eigenvalue weighted by molar-refractivity contribution is 7.86. The van der Waals surface area contributed by atoms with Crippen molar-refractivity contribution in [2.45, 2.75) is 11.7 Å². The monoisotopic (exact) mass is 189 g/mol. The van der Waals surface area contributed by atoms with Crippen LogP contribution in [0.2, 0.25) is 0 Å². The lowest BCUT2D eigenvalue weighted by atomic mass is 10.3. The minimum Gasteiger partial charge on any atom is -0.351 e. The van der Waals surface area contributed by atoms with E-state index in [9.17, 15) is 8.42 Å². The summed E-state index contributed by atoms with van der Waals surface area (Å²) >= 11 is 0. The average molecular weight is 189 g/mol. The third-order valence-corrected chi connectivity index (χ3v) is 2.67. The van der Waals surface area contributed by atoms with Gasteiger partial charge in [-0.2, -0.15) is 8.42 Å². The molecule has 2 N–H and O–H groups in total. The van der Waals surface area contributed by atoms with Gasteiger partial charge in [-0.05, 0) is 6.42 Å². The van der Waals surface area contributed by atoms with Crippen molar-refractivity contribution in [1.29, 1.82) is 0 Å². The van der Waals surface area contributed by atoms with E-state index in [0.29, 0.717) is 0 Å². The van der Waals surface area contributed by atoms with Crippen LogP contribution in [0.1, 0.15) is 17.4 Å². The van der Waals surface area contributed by atoms with E-state index in [1.165, 1.54) is 12.5 Å². The molecule has 5 nitrogen and oxygen atoms in total. The summed E-state index contributed by atoms with van der Waals surface area (Å²) in [7, 11) is -4.08. The second-order valence-corrected chi connectivity index (χ2v) is 3.89. The Labute approximate surface area is 70.6 Å². The first kappa shape index (κ1) is 9.21. The first-order valence-electron chi connectivity index (χ1n) is 3.30. The van der Waals surface area contributed by atoms with Crippen molar-refractivity contribution in [3.63, 3.8) is 0 Å². The Bertz CT molecular complexity index is 330. The van der Waals surface area contributed by atoms with E-state index in [4.69, 9.17) is 4.55 Å². The summed E-state index contributed by atoms with van der Waals surface area (Å²) in [6.07, 6.45) is 2.83. The van der Waals surface area contributed by atoms with E-state index >= 15 is 0 Å². The first-order valence-corrected chi connectivity index (χ1v) is 4.80. The Balaban J connectivity index is 3.00. The van der Waals surface area contributed by atoms with Gasteiger partial charge < -0.3 is 4.98 Å². The summed E-state index contributed by atoms with van der Waals surface area (Å²) in [5.74, 6) is 0. The van der Waals surface area contributed by atoms with Crippen molar-refractivity contribution in [2.75, 3.05) is 0 Å². The van der Waals surface area contributed by atoms with Gasteiger partial charge in [-0.1, -0.05) is 6.92 Å². The molecular weight excluding hydrogens is 180 g/mol. The molecule has 0 saturated carbocycles. The average Bonchev–Trinajstić information content (AvgIpc) is 2.38. The van der Waals surface area contributed by atoms with Gasteiger partial charge in [-0.3, -0.25) is 4.55 Å². The van der Waals surface area contributed by atoms with Gasteiger partial charge in [0.2, 0.25) is 0 Å². The minimum atomic E-state index is -4.08. The molecule has 0 bridgehead atoms. The number of nitrogens with zero attached hydrogens (tertiary/aromatic N) is 1. The highest BCUT2D eigenvalue weighted by atomic mass is 32.2. The highest BCUT2D eigenvalue weighted by Gasteiger charge is 2.24. The number of hydrogen-bond donors (Lipinski definition) is 2. The number of H-pyrrole nitrogens is 1. The molecule has 0 amide bonds. The lowest BCUT2D eigenvalue weighted by Crippen LogP contribution is -2.11. The quantitative estimate of drug-likeness (QED) is 0.680. The van der Waals surface area contributed by atoms with Gasteiger partial charge in [0.15, 0.2) is 0 Å². The molecule has 1 atom stereocenters. The Hall–Kier alpha value is -0.880. The highest BCUT2D eigenvalue weighted by Crippen LogP contribution is 2.21. The second kappa shape index (κ2) is 3.24. The van der Waals surface area contributed by atoms with Crippen LogP contribution in [0.5, 0.6) is 0 Å². The SMILES string of the molecule is [CH2]CC(c1c[nH]cn1)S(=O)(=O)O. The maximum Gasteiger partial charge on any atom is 0.273 e. The molecule has 0 aliphatic carbocycles. The van der Waals surface area contributed by atoms with E-state index in [2.05, 4.69) is 16.9 Å². The fourth-order valence-corrected chi connectivity index (χ4v) is 1.63. The van der Waals surface area contributed by atoms with Crippen LogP contribution < -0.4 is 0 Å². The molecule has 1 heterocycles. The van der Waals surface area contributed by atoms with Crippen LogP contribution in [0.3, 0.4) is 0 Å². The summed E-state index contributed by atoms with van der Waals surface area (Å²) in [4.78, 5) is 6.32. The van der Waals surface area contributed by atoms with Crippen LogP contribution in [0.25, 0.3) is 0 Å². The Morgan fingerprint density at radius 1 is 1.75 bits per heavy atom. The molecule has 1 rings (SSSR count). The van der Waals surface area contributed by atoms with Gasteiger partial charge in [0.05, 0.1) is 12.0 Å². The molecule has 1 radical (unpaired) electrons. The summed E-state index contributed by atoms with van der Waals surface area (Å²) in [6.45, 7) is 3.42. The molecule has 0 saturated heterocycles. The number of aromatic nitrogens is 2. The van der Waals surface area contributed by atoms with Crippen LogP contribution >= 0.6 is 0 Å². The predicted octanol–water partition coefficient (Wildman–Crippen LogP) is 0.563. The molecule has 1 aromatic rings. The molecule has 0 aliphatic rings. The van der Waals surface area contributed by atoms with Crippen LogP contribution in [0, 0.1) is 6.92 Å².